The zero-order chi connectivity index (χ0) is 24.2. The molecule has 188 valence electrons. The molecule has 0 N–H and O–H groups in total. The zero-order valence-corrected chi connectivity index (χ0v) is 20.7. The van der Waals surface area contributed by atoms with Crippen LogP contribution in [0.2, 0.25) is 0 Å². The summed E-state index contributed by atoms with van der Waals surface area (Å²) in [5, 5.41) is 0. The molecule has 2 aromatic rings. The number of fused-ring (bicyclic) bond motifs is 1. The van der Waals surface area contributed by atoms with E-state index in [4.69, 9.17) is 18.9 Å². The van der Waals surface area contributed by atoms with Crippen molar-refractivity contribution in [2.75, 3.05) is 65.0 Å². The SMILES string of the molecule is COc1cccc(OC)c1N1CCN(CCC2CCN(CC3COc4ccccc4O3)CC2)C1=O. The number of hydrogen-bond donors (Lipinski definition) is 0. The van der Waals surface area contributed by atoms with Crippen LogP contribution in [0.4, 0.5) is 10.5 Å². The first-order valence-electron chi connectivity index (χ1n) is 12.5. The molecule has 5 rings (SSSR count). The molecule has 0 aromatic heterocycles. The van der Waals surface area contributed by atoms with Crippen LogP contribution in [0.25, 0.3) is 0 Å². The Labute approximate surface area is 207 Å². The molecule has 2 saturated heterocycles. The van der Waals surface area contributed by atoms with Crippen molar-refractivity contribution in [2.24, 2.45) is 5.92 Å². The van der Waals surface area contributed by atoms with E-state index in [0.29, 0.717) is 30.6 Å². The number of para-hydroxylation sites is 3. The van der Waals surface area contributed by atoms with E-state index in [1.54, 1.807) is 19.1 Å². The summed E-state index contributed by atoms with van der Waals surface area (Å²) in [6.45, 7) is 5.76. The fourth-order valence-corrected chi connectivity index (χ4v) is 5.33. The van der Waals surface area contributed by atoms with Gasteiger partial charge in [0.15, 0.2) is 11.5 Å². The number of hydrogen-bond acceptors (Lipinski definition) is 6. The number of carbonyl (C=O) groups is 1. The maximum absolute atomic E-state index is 13.2. The smallest absolute Gasteiger partial charge is 0.324 e. The van der Waals surface area contributed by atoms with Crippen molar-refractivity contribution >= 4 is 11.7 Å². The van der Waals surface area contributed by atoms with Gasteiger partial charge in [-0.1, -0.05) is 18.2 Å². The molecule has 2 aromatic carbocycles. The Morgan fingerprint density at radius 2 is 1.63 bits per heavy atom. The summed E-state index contributed by atoms with van der Waals surface area (Å²) in [6, 6.07) is 13.5. The molecule has 1 unspecified atom stereocenters. The first-order chi connectivity index (χ1) is 17.2. The molecule has 3 aliphatic rings. The lowest BCUT2D eigenvalue weighted by Crippen LogP contribution is -2.44. The van der Waals surface area contributed by atoms with E-state index in [1.165, 1.54) is 0 Å². The highest BCUT2D eigenvalue weighted by Gasteiger charge is 2.34. The number of nitrogens with zero attached hydrogens (tertiary/aromatic N) is 3. The van der Waals surface area contributed by atoms with Crippen LogP contribution in [-0.2, 0) is 0 Å². The third-order valence-corrected chi connectivity index (χ3v) is 7.31. The third kappa shape index (κ3) is 5.12. The second-order valence-electron chi connectivity index (χ2n) is 9.46. The average Bonchev–Trinajstić information content (AvgIpc) is 3.27. The lowest BCUT2D eigenvalue weighted by atomic mass is 9.93. The molecule has 3 heterocycles. The Balaban J connectivity index is 1.08. The predicted octanol–water partition coefficient (Wildman–Crippen LogP) is 3.89. The second-order valence-corrected chi connectivity index (χ2v) is 9.46. The Bertz CT molecular complexity index is 1000. The van der Waals surface area contributed by atoms with Crippen LogP contribution in [-0.4, -0.2) is 82.0 Å². The highest BCUT2D eigenvalue weighted by Crippen LogP contribution is 2.39. The Morgan fingerprint density at radius 1 is 0.914 bits per heavy atom. The van der Waals surface area contributed by atoms with Crippen LogP contribution in [0.3, 0.4) is 0 Å². The Kier molecular flexibility index (Phi) is 7.18. The summed E-state index contributed by atoms with van der Waals surface area (Å²) < 4.78 is 23.0. The van der Waals surface area contributed by atoms with E-state index in [1.807, 2.05) is 47.4 Å². The summed E-state index contributed by atoms with van der Waals surface area (Å²) in [5.41, 5.74) is 0.717. The quantitative estimate of drug-likeness (QED) is 0.570. The number of ether oxygens (including phenoxy) is 4. The summed E-state index contributed by atoms with van der Waals surface area (Å²) in [6.07, 6.45) is 3.40. The molecule has 8 nitrogen and oxygen atoms in total. The Morgan fingerprint density at radius 3 is 2.34 bits per heavy atom. The monoisotopic (exact) mass is 481 g/mol. The number of benzene rings is 2. The van der Waals surface area contributed by atoms with Crippen molar-refractivity contribution in [1.82, 2.24) is 9.80 Å². The van der Waals surface area contributed by atoms with E-state index < -0.39 is 0 Å². The lowest BCUT2D eigenvalue weighted by molar-refractivity contribution is 0.0468. The fourth-order valence-electron chi connectivity index (χ4n) is 5.33. The molecule has 35 heavy (non-hydrogen) atoms. The van der Waals surface area contributed by atoms with Crippen molar-refractivity contribution in [3.8, 4) is 23.0 Å². The van der Waals surface area contributed by atoms with E-state index in [-0.39, 0.29) is 12.1 Å². The topological polar surface area (TPSA) is 63.7 Å². The molecule has 0 spiro atoms. The van der Waals surface area contributed by atoms with Crippen molar-refractivity contribution < 1.29 is 23.7 Å². The van der Waals surface area contributed by atoms with Crippen molar-refractivity contribution in [1.29, 1.82) is 0 Å². The normalized spacial score (nSPS) is 20.9. The van der Waals surface area contributed by atoms with Crippen LogP contribution in [0, 0.1) is 5.92 Å². The van der Waals surface area contributed by atoms with Crippen LogP contribution >= 0.6 is 0 Å². The van der Waals surface area contributed by atoms with Gasteiger partial charge in [-0.05, 0) is 62.5 Å². The van der Waals surface area contributed by atoms with Crippen molar-refractivity contribution in [3.05, 3.63) is 42.5 Å². The number of methoxy groups -OCH3 is 2. The van der Waals surface area contributed by atoms with Gasteiger partial charge in [0.1, 0.15) is 29.9 Å². The lowest BCUT2D eigenvalue weighted by Gasteiger charge is -2.36. The molecular weight excluding hydrogens is 446 g/mol. The fraction of sp³-hybridized carbons (Fsp3) is 0.519. The molecule has 0 aliphatic carbocycles. The number of piperidine rings is 1. The zero-order valence-electron chi connectivity index (χ0n) is 20.7. The summed E-state index contributed by atoms with van der Waals surface area (Å²) in [4.78, 5) is 19.4. The number of carbonyl (C=O) groups excluding carboxylic acids is 1. The number of urea groups is 1. The van der Waals surface area contributed by atoms with Crippen LogP contribution < -0.4 is 23.8 Å². The minimum absolute atomic E-state index is 0.0277. The molecule has 8 heteroatoms. The van der Waals surface area contributed by atoms with Crippen molar-refractivity contribution in [2.45, 2.75) is 25.4 Å². The molecule has 3 aliphatic heterocycles. The molecule has 2 amide bonds. The van der Waals surface area contributed by atoms with Gasteiger partial charge in [-0.15, -0.1) is 0 Å². The molecule has 2 fully saturated rings. The summed E-state index contributed by atoms with van der Waals surface area (Å²) >= 11 is 0. The highest BCUT2D eigenvalue weighted by molar-refractivity contribution is 5.97. The number of likely N-dealkylation sites (tertiary alicyclic amines) is 1. The number of rotatable bonds is 8. The molecular formula is C27H35N3O5. The Hall–Kier alpha value is -3.13. The molecule has 0 saturated carbocycles. The van der Waals surface area contributed by atoms with Gasteiger partial charge in [0.05, 0.1) is 14.2 Å². The van der Waals surface area contributed by atoms with Crippen LogP contribution in [0.1, 0.15) is 19.3 Å². The summed E-state index contributed by atoms with van der Waals surface area (Å²) in [7, 11) is 3.24. The number of anilines is 1. The van der Waals surface area contributed by atoms with Gasteiger partial charge >= 0.3 is 6.03 Å². The van der Waals surface area contributed by atoms with Gasteiger partial charge in [0, 0.05) is 26.2 Å². The molecule has 0 bridgehead atoms. The molecule has 1 atom stereocenters. The second kappa shape index (κ2) is 10.6. The minimum Gasteiger partial charge on any atom is -0.494 e. The largest absolute Gasteiger partial charge is 0.494 e. The third-order valence-electron chi connectivity index (χ3n) is 7.31. The van der Waals surface area contributed by atoms with E-state index in [9.17, 15) is 4.79 Å². The van der Waals surface area contributed by atoms with E-state index in [0.717, 1.165) is 69.2 Å². The van der Waals surface area contributed by atoms with Gasteiger partial charge in [-0.25, -0.2) is 4.79 Å². The minimum atomic E-state index is 0.0277. The van der Waals surface area contributed by atoms with Gasteiger partial charge in [-0.3, -0.25) is 9.80 Å². The van der Waals surface area contributed by atoms with Gasteiger partial charge < -0.3 is 23.8 Å². The van der Waals surface area contributed by atoms with Crippen LogP contribution in [0.15, 0.2) is 42.5 Å². The van der Waals surface area contributed by atoms with Gasteiger partial charge in [0.2, 0.25) is 0 Å². The number of amides is 2. The predicted molar refractivity (Wildman–Crippen MR) is 134 cm³/mol. The maximum atomic E-state index is 13.2. The first-order valence-corrected chi connectivity index (χ1v) is 12.5. The van der Waals surface area contributed by atoms with Crippen molar-refractivity contribution in [3.63, 3.8) is 0 Å². The van der Waals surface area contributed by atoms with E-state index >= 15 is 0 Å². The van der Waals surface area contributed by atoms with Crippen LogP contribution in [0.5, 0.6) is 23.0 Å². The first kappa shape index (κ1) is 23.6. The highest BCUT2D eigenvalue weighted by atomic mass is 16.6. The van der Waals surface area contributed by atoms with Gasteiger partial charge in [-0.2, -0.15) is 0 Å². The standard InChI is InChI=1S/C27H35N3O5/c1-32-24-8-5-9-25(33-2)26(24)30-17-16-29(27(30)31)15-12-20-10-13-28(14-11-20)18-21-19-34-22-6-3-4-7-23(22)35-21/h3-9,20-21H,10-19H2,1-2H3. The summed E-state index contributed by atoms with van der Waals surface area (Å²) in [5.74, 6) is 3.62. The maximum Gasteiger partial charge on any atom is 0.324 e. The average molecular weight is 482 g/mol. The van der Waals surface area contributed by atoms with E-state index in [2.05, 4.69) is 4.90 Å². The van der Waals surface area contributed by atoms with Gasteiger partial charge in [0.25, 0.3) is 0 Å². The molecule has 0 radical (unpaired) electrons.